The number of halogens is 5. The summed E-state index contributed by atoms with van der Waals surface area (Å²) in [6, 6.07) is 5.70. The summed E-state index contributed by atoms with van der Waals surface area (Å²) in [5.41, 5.74) is -0.147. The van der Waals surface area contributed by atoms with Crippen molar-refractivity contribution in [1.82, 2.24) is 4.98 Å². The summed E-state index contributed by atoms with van der Waals surface area (Å²) in [6.45, 7) is 0.156. The van der Waals surface area contributed by atoms with Crippen LogP contribution in [-0.2, 0) is 12.7 Å². The Morgan fingerprint density at radius 3 is 2.35 bits per heavy atom. The predicted molar refractivity (Wildman–Crippen MR) is 68.0 cm³/mol. The Balaban J connectivity index is 2.04. The third-order valence-electron chi connectivity index (χ3n) is 2.55. The summed E-state index contributed by atoms with van der Waals surface area (Å²) >= 11 is 5.56. The molecule has 0 radical (unpaired) electrons. The molecule has 0 bridgehead atoms. The number of hydrogen-bond acceptors (Lipinski definition) is 2. The van der Waals surface area contributed by atoms with Crippen molar-refractivity contribution in [2.75, 3.05) is 5.32 Å². The van der Waals surface area contributed by atoms with Crippen LogP contribution >= 0.6 is 11.6 Å². The van der Waals surface area contributed by atoms with Crippen molar-refractivity contribution in [3.05, 3.63) is 58.5 Å². The molecule has 0 fully saturated rings. The third kappa shape index (κ3) is 3.60. The first-order valence-corrected chi connectivity index (χ1v) is 5.95. The van der Waals surface area contributed by atoms with Gasteiger partial charge in [0, 0.05) is 12.7 Å². The summed E-state index contributed by atoms with van der Waals surface area (Å²) < 4.78 is 50.5. The zero-order valence-electron chi connectivity index (χ0n) is 10.0. The summed E-state index contributed by atoms with van der Waals surface area (Å²) in [4.78, 5) is 3.75. The number of nitrogens with one attached hydrogen (secondary N) is 1. The molecule has 0 spiro atoms. The number of rotatable bonds is 3. The van der Waals surface area contributed by atoms with Gasteiger partial charge in [-0.15, -0.1) is 0 Å². The molecule has 0 aliphatic carbocycles. The van der Waals surface area contributed by atoms with E-state index < -0.39 is 17.6 Å². The summed E-state index contributed by atoms with van der Waals surface area (Å²) in [5, 5.41) is 2.86. The largest absolute Gasteiger partial charge is 0.416 e. The Bertz CT molecular complexity index is 596. The molecule has 2 nitrogen and oxygen atoms in total. The minimum Gasteiger partial charge on any atom is -0.364 e. The molecule has 106 valence electrons. The fourth-order valence-electron chi connectivity index (χ4n) is 1.54. The van der Waals surface area contributed by atoms with Crippen LogP contribution in [0.25, 0.3) is 0 Å². The standard InChI is InChI=1S/C13H9ClF4N2/c14-10-5-11(15)12(20-7-10)19-6-8-1-3-9(4-2-8)13(16,17)18/h1-5,7H,6H2,(H,19,20). The maximum atomic E-state index is 13.4. The van der Waals surface area contributed by atoms with Gasteiger partial charge < -0.3 is 5.32 Å². The molecule has 1 N–H and O–H groups in total. The first-order chi connectivity index (χ1) is 9.36. The van der Waals surface area contributed by atoms with Crippen LogP contribution in [0.5, 0.6) is 0 Å². The highest BCUT2D eigenvalue weighted by molar-refractivity contribution is 6.30. The van der Waals surface area contributed by atoms with E-state index in [0.717, 1.165) is 18.2 Å². The molecule has 1 aromatic heterocycles. The Kier molecular flexibility index (Phi) is 4.13. The van der Waals surface area contributed by atoms with Gasteiger partial charge in [-0.25, -0.2) is 9.37 Å². The van der Waals surface area contributed by atoms with Gasteiger partial charge in [0.1, 0.15) is 0 Å². The highest BCUT2D eigenvalue weighted by atomic mass is 35.5. The van der Waals surface area contributed by atoms with E-state index in [9.17, 15) is 17.6 Å². The van der Waals surface area contributed by atoms with Crippen LogP contribution < -0.4 is 5.32 Å². The molecule has 0 atom stereocenters. The van der Waals surface area contributed by atoms with Crippen molar-refractivity contribution in [3.8, 4) is 0 Å². The SMILES string of the molecule is Fc1cc(Cl)cnc1NCc1ccc(C(F)(F)F)cc1. The smallest absolute Gasteiger partial charge is 0.364 e. The van der Waals surface area contributed by atoms with Gasteiger partial charge in [0.2, 0.25) is 0 Å². The molecule has 0 aliphatic rings. The monoisotopic (exact) mass is 304 g/mol. The predicted octanol–water partition coefficient (Wildman–Crippen LogP) is 4.51. The number of hydrogen-bond donors (Lipinski definition) is 1. The average molecular weight is 305 g/mol. The minimum atomic E-state index is -4.37. The van der Waals surface area contributed by atoms with E-state index in [-0.39, 0.29) is 17.4 Å². The highest BCUT2D eigenvalue weighted by Gasteiger charge is 2.29. The second kappa shape index (κ2) is 5.66. The molecular formula is C13H9ClF4N2. The van der Waals surface area contributed by atoms with Gasteiger partial charge in [-0.05, 0) is 23.8 Å². The van der Waals surface area contributed by atoms with E-state index in [1.54, 1.807) is 0 Å². The van der Waals surface area contributed by atoms with Crippen molar-refractivity contribution < 1.29 is 17.6 Å². The maximum Gasteiger partial charge on any atom is 0.416 e. The van der Waals surface area contributed by atoms with Gasteiger partial charge in [0.05, 0.1) is 10.6 Å². The van der Waals surface area contributed by atoms with Crippen LogP contribution in [0.4, 0.5) is 23.4 Å². The maximum absolute atomic E-state index is 13.4. The number of nitrogens with zero attached hydrogens (tertiary/aromatic N) is 1. The first-order valence-electron chi connectivity index (χ1n) is 5.57. The lowest BCUT2D eigenvalue weighted by Crippen LogP contribution is -2.06. The Hall–Kier alpha value is -1.82. The fourth-order valence-corrected chi connectivity index (χ4v) is 1.69. The number of benzene rings is 1. The molecular weight excluding hydrogens is 296 g/mol. The van der Waals surface area contributed by atoms with Crippen molar-refractivity contribution in [2.24, 2.45) is 0 Å². The quantitative estimate of drug-likeness (QED) is 0.844. The van der Waals surface area contributed by atoms with Crippen molar-refractivity contribution in [1.29, 1.82) is 0 Å². The summed E-state index contributed by atoms with van der Waals surface area (Å²) in [5.74, 6) is -0.626. The molecule has 2 aromatic rings. The molecule has 0 amide bonds. The second-order valence-corrected chi connectivity index (χ2v) is 4.47. The zero-order valence-corrected chi connectivity index (χ0v) is 10.8. The Morgan fingerprint density at radius 2 is 1.80 bits per heavy atom. The average Bonchev–Trinajstić information content (AvgIpc) is 2.37. The number of anilines is 1. The molecule has 0 aliphatic heterocycles. The van der Waals surface area contributed by atoms with Gasteiger partial charge in [0.25, 0.3) is 0 Å². The van der Waals surface area contributed by atoms with Gasteiger partial charge in [-0.1, -0.05) is 23.7 Å². The van der Waals surface area contributed by atoms with Crippen LogP contribution in [0.2, 0.25) is 5.02 Å². The molecule has 2 rings (SSSR count). The van der Waals surface area contributed by atoms with Crippen LogP contribution in [-0.4, -0.2) is 4.98 Å². The number of aromatic nitrogens is 1. The van der Waals surface area contributed by atoms with Crippen molar-refractivity contribution in [2.45, 2.75) is 12.7 Å². The minimum absolute atomic E-state index is 0.00528. The van der Waals surface area contributed by atoms with Crippen LogP contribution in [0, 0.1) is 5.82 Å². The summed E-state index contributed by atoms with van der Waals surface area (Å²) in [6.07, 6.45) is -3.09. The molecule has 1 aromatic carbocycles. The van der Waals surface area contributed by atoms with Crippen LogP contribution in [0.3, 0.4) is 0 Å². The summed E-state index contributed by atoms with van der Waals surface area (Å²) in [7, 11) is 0. The van der Waals surface area contributed by atoms with Gasteiger partial charge in [0.15, 0.2) is 11.6 Å². The molecule has 20 heavy (non-hydrogen) atoms. The van der Waals surface area contributed by atoms with Gasteiger partial charge in [-0.2, -0.15) is 13.2 Å². The first kappa shape index (κ1) is 14.6. The molecule has 7 heteroatoms. The van der Waals surface area contributed by atoms with Gasteiger partial charge in [-0.3, -0.25) is 0 Å². The molecule has 0 saturated heterocycles. The number of pyridine rings is 1. The fraction of sp³-hybridized carbons (Fsp3) is 0.154. The van der Waals surface area contributed by atoms with E-state index in [0.29, 0.717) is 5.56 Å². The van der Waals surface area contributed by atoms with E-state index in [1.165, 1.54) is 18.3 Å². The van der Waals surface area contributed by atoms with Crippen molar-refractivity contribution >= 4 is 17.4 Å². The number of alkyl halides is 3. The van der Waals surface area contributed by atoms with E-state index in [2.05, 4.69) is 10.3 Å². The zero-order chi connectivity index (χ0) is 14.8. The van der Waals surface area contributed by atoms with E-state index in [1.807, 2.05) is 0 Å². The highest BCUT2D eigenvalue weighted by Crippen LogP contribution is 2.29. The lowest BCUT2D eigenvalue weighted by atomic mass is 10.1. The van der Waals surface area contributed by atoms with Crippen molar-refractivity contribution in [3.63, 3.8) is 0 Å². The topological polar surface area (TPSA) is 24.9 Å². The Morgan fingerprint density at radius 1 is 1.15 bits per heavy atom. The second-order valence-electron chi connectivity index (χ2n) is 4.03. The van der Waals surface area contributed by atoms with E-state index in [4.69, 9.17) is 11.6 Å². The molecule has 0 saturated carbocycles. The molecule has 0 unspecified atom stereocenters. The lowest BCUT2D eigenvalue weighted by molar-refractivity contribution is -0.137. The van der Waals surface area contributed by atoms with Crippen LogP contribution in [0.1, 0.15) is 11.1 Å². The van der Waals surface area contributed by atoms with E-state index >= 15 is 0 Å². The van der Waals surface area contributed by atoms with Crippen LogP contribution in [0.15, 0.2) is 36.5 Å². The lowest BCUT2D eigenvalue weighted by Gasteiger charge is -2.09. The Labute approximate surface area is 117 Å². The van der Waals surface area contributed by atoms with Gasteiger partial charge >= 0.3 is 6.18 Å². The molecule has 1 heterocycles. The third-order valence-corrected chi connectivity index (χ3v) is 2.76. The normalized spacial score (nSPS) is 11.4.